The summed E-state index contributed by atoms with van der Waals surface area (Å²) in [5.41, 5.74) is 1.20. The maximum absolute atomic E-state index is 5.86. The quantitative estimate of drug-likeness (QED) is 0.480. The Labute approximate surface area is 115 Å². The molecular formula is C16H24O3. The lowest BCUT2D eigenvalue weighted by molar-refractivity contribution is -0.0351. The van der Waals surface area contributed by atoms with E-state index in [9.17, 15) is 0 Å². The summed E-state index contributed by atoms with van der Waals surface area (Å²) in [6.07, 6.45) is 3.91. The molecule has 1 aliphatic rings. The number of ether oxygens (including phenoxy) is 3. The second-order valence-corrected chi connectivity index (χ2v) is 4.99. The summed E-state index contributed by atoms with van der Waals surface area (Å²) in [6.45, 7) is 5.08. The Balaban J connectivity index is 1.63. The summed E-state index contributed by atoms with van der Waals surface area (Å²) in [5, 5.41) is 0. The molecule has 0 N–H and O–H groups in total. The molecule has 3 heteroatoms. The number of benzene rings is 1. The highest BCUT2D eigenvalue weighted by Crippen LogP contribution is 2.18. The molecule has 3 nitrogen and oxygen atoms in total. The van der Waals surface area contributed by atoms with Crippen LogP contribution in [0.3, 0.4) is 0 Å². The molecule has 0 amide bonds. The fourth-order valence-corrected chi connectivity index (χ4v) is 1.99. The van der Waals surface area contributed by atoms with E-state index in [-0.39, 0.29) is 12.2 Å². The van der Waals surface area contributed by atoms with Gasteiger partial charge in [-0.15, -0.1) is 0 Å². The molecule has 0 aromatic heterocycles. The van der Waals surface area contributed by atoms with Crippen LogP contribution >= 0.6 is 0 Å². The summed E-state index contributed by atoms with van der Waals surface area (Å²) in [6, 6.07) is 10.2. The highest BCUT2D eigenvalue weighted by molar-refractivity contribution is 5.13. The van der Waals surface area contributed by atoms with Crippen molar-refractivity contribution in [2.45, 2.75) is 45.0 Å². The molecule has 1 saturated heterocycles. The van der Waals surface area contributed by atoms with Crippen LogP contribution in [0.4, 0.5) is 0 Å². The van der Waals surface area contributed by atoms with Gasteiger partial charge in [-0.25, -0.2) is 0 Å². The molecule has 0 spiro atoms. The van der Waals surface area contributed by atoms with Gasteiger partial charge in [-0.1, -0.05) is 50.1 Å². The molecule has 0 saturated carbocycles. The Bertz CT molecular complexity index is 335. The Hall–Kier alpha value is -0.900. The molecule has 2 atom stereocenters. The molecule has 19 heavy (non-hydrogen) atoms. The van der Waals surface area contributed by atoms with Gasteiger partial charge in [0, 0.05) is 6.61 Å². The molecule has 1 aliphatic heterocycles. The highest BCUT2D eigenvalue weighted by atomic mass is 16.6. The Morgan fingerprint density at radius 1 is 1.26 bits per heavy atom. The van der Waals surface area contributed by atoms with Crippen LogP contribution in [0.5, 0.6) is 0 Å². The predicted molar refractivity (Wildman–Crippen MR) is 75.1 cm³/mol. The second-order valence-electron chi connectivity index (χ2n) is 4.99. The van der Waals surface area contributed by atoms with Crippen LogP contribution < -0.4 is 0 Å². The van der Waals surface area contributed by atoms with Crippen LogP contribution in [-0.2, 0) is 20.8 Å². The van der Waals surface area contributed by atoms with E-state index in [4.69, 9.17) is 14.2 Å². The summed E-state index contributed by atoms with van der Waals surface area (Å²) in [4.78, 5) is 0. The molecule has 0 aliphatic carbocycles. The van der Waals surface area contributed by atoms with Gasteiger partial charge in [0.15, 0.2) is 0 Å². The molecule has 0 bridgehead atoms. The van der Waals surface area contributed by atoms with Gasteiger partial charge < -0.3 is 14.2 Å². The Morgan fingerprint density at radius 3 is 2.74 bits per heavy atom. The molecule has 1 aromatic carbocycles. The van der Waals surface area contributed by atoms with E-state index < -0.39 is 0 Å². The smallest absolute Gasteiger partial charge is 0.109 e. The number of hydrogen-bond acceptors (Lipinski definition) is 3. The molecule has 2 rings (SSSR count). The molecule has 1 aromatic rings. The van der Waals surface area contributed by atoms with Gasteiger partial charge in [0.25, 0.3) is 0 Å². The number of unbranched alkanes of at least 4 members (excludes halogenated alkanes) is 2. The normalized spacial score (nSPS) is 19.3. The first-order chi connectivity index (χ1) is 9.40. The minimum atomic E-state index is 0.0977. The zero-order valence-electron chi connectivity index (χ0n) is 11.7. The zero-order valence-corrected chi connectivity index (χ0v) is 11.7. The van der Waals surface area contributed by atoms with E-state index in [1.165, 1.54) is 18.4 Å². The maximum Gasteiger partial charge on any atom is 0.109 e. The number of hydrogen-bond donors (Lipinski definition) is 0. The molecule has 0 unspecified atom stereocenters. The van der Waals surface area contributed by atoms with Crippen molar-refractivity contribution in [3.63, 3.8) is 0 Å². The highest BCUT2D eigenvalue weighted by Gasteiger charge is 2.33. The van der Waals surface area contributed by atoms with E-state index in [1.54, 1.807) is 0 Å². The average molecular weight is 264 g/mol. The van der Waals surface area contributed by atoms with Gasteiger partial charge in [-0.2, -0.15) is 0 Å². The monoisotopic (exact) mass is 264 g/mol. The van der Waals surface area contributed by atoms with E-state index in [0.717, 1.165) is 19.6 Å². The third-order valence-electron chi connectivity index (χ3n) is 3.25. The summed E-state index contributed by atoms with van der Waals surface area (Å²) in [5.74, 6) is 0. The summed E-state index contributed by atoms with van der Waals surface area (Å²) < 4.78 is 16.9. The molecular weight excluding hydrogens is 240 g/mol. The lowest BCUT2D eigenvalue weighted by atomic mass is 10.2. The lowest BCUT2D eigenvalue weighted by Gasteiger charge is -2.16. The number of rotatable bonds is 10. The van der Waals surface area contributed by atoms with Gasteiger partial charge in [-0.05, 0) is 12.0 Å². The molecule has 0 radical (unpaired) electrons. The van der Waals surface area contributed by atoms with Crippen LogP contribution in [0.25, 0.3) is 0 Å². The van der Waals surface area contributed by atoms with Crippen molar-refractivity contribution in [2.24, 2.45) is 0 Å². The van der Waals surface area contributed by atoms with Gasteiger partial charge in [0.2, 0.25) is 0 Å². The van der Waals surface area contributed by atoms with Crippen LogP contribution in [0.2, 0.25) is 0 Å². The van der Waals surface area contributed by atoms with Crippen LogP contribution in [0.15, 0.2) is 30.3 Å². The fraction of sp³-hybridized carbons (Fsp3) is 0.625. The van der Waals surface area contributed by atoms with E-state index >= 15 is 0 Å². The van der Waals surface area contributed by atoms with Crippen molar-refractivity contribution in [1.29, 1.82) is 0 Å². The molecule has 1 heterocycles. The Kier molecular flexibility index (Phi) is 6.34. The summed E-state index contributed by atoms with van der Waals surface area (Å²) in [7, 11) is 0. The van der Waals surface area contributed by atoms with Gasteiger partial charge in [0.05, 0.1) is 19.8 Å². The first kappa shape index (κ1) is 14.5. The number of epoxide rings is 1. The average Bonchev–Trinajstić information content (AvgIpc) is 3.27. The standard InChI is InChI=1S/C16H24O3/c1-2-3-7-10-18-15(16-13-19-16)12-17-11-14-8-5-4-6-9-14/h4-6,8-9,15-16H,2-3,7,10-13H2,1H3/t15-,16+/m0/s1. The first-order valence-electron chi connectivity index (χ1n) is 7.25. The first-order valence-corrected chi connectivity index (χ1v) is 7.25. The predicted octanol–water partition coefficient (Wildman–Crippen LogP) is 3.18. The molecule has 1 fully saturated rings. The Morgan fingerprint density at radius 2 is 2.05 bits per heavy atom. The minimum Gasteiger partial charge on any atom is -0.374 e. The van der Waals surface area contributed by atoms with Gasteiger partial charge in [-0.3, -0.25) is 0 Å². The minimum absolute atomic E-state index is 0.0977. The zero-order chi connectivity index (χ0) is 13.3. The van der Waals surface area contributed by atoms with Gasteiger partial charge >= 0.3 is 0 Å². The van der Waals surface area contributed by atoms with Crippen molar-refractivity contribution in [2.75, 3.05) is 19.8 Å². The van der Waals surface area contributed by atoms with Crippen molar-refractivity contribution in [1.82, 2.24) is 0 Å². The van der Waals surface area contributed by atoms with E-state index in [1.807, 2.05) is 18.2 Å². The fourth-order valence-electron chi connectivity index (χ4n) is 1.99. The van der Waals surface area contributed by atoms with Crippen LogP contribution in [0.1, 0.15) is 31.7 Å². The van der Waals surface area contributed by atoms with Crippen molar-refractivity contribution in [3.8, 4) is 0 Å². The summed E-state index contributed by atoms with van der Waals surface area (Å²) >= 11 is 0. The second kappa shape index (κ2) is 8.31. The van der Waals surface area contributed by atoms with Crippen molar-refractivity contribution < 1.29 is 14.2 Å². The largest absolute Gasteiger partial charge is 0.374 e. The lowest BCUT2D eigenvalue weighted by Crippen LogP contribution is -2.26. The van der Waals surface area contributed by atoms with Crippen molar-refractivity contribution >= 4 is 0 Å². The van der Waals surface area contributed by atoms with Crippen LogP contribution in [0, 0.1) is 0 Å². The van der Waals surface area contributed by atoms with Crippen LogP contribution in [-0.4, -0.2) is 32.0 Å². The molecule has 106 valence electrons. The van der Waals surface area contributed by atoms with E-state index in [0.29, 0.717) is 13.2 Å². The third kappa shape index (κ3) is 5.72. The maximum atomic E-state index is 5.86. The van der Waals surface area contributed by atoms with Crippen molar-refractivity contribution in [3.05, 3.63) is 35.9 Å². The SMILES string of the molecule is CCCCCO[C@@H](COCc1ccccc1)[C@H]1CO1. The topological polar surface area (TPSA) is 31.0 Å². The third-order valence-corrected chi connectivity index (χ3v) is 3.25. The van der Waals surface area contributed by atoms with Gasteiger partial charge in [0.1, 0.15) is 12.2 Å². The van der Waals surface area contributed by atoms with E-state index in [2.05, 4.69) is 19.1 Å².